The standard InChI is InChI=1S/C13H10O.CH2O/c14-10-11-6-8-13(9-7-11)12-4-2-1-3-5-12;1-2/h1-10H;1H2. The van der Waals surface area contributed by atoms with Crippen LogP contribution in [0.25, 0.3) is 11.1 Å². The second kappa shape index (κ2) is 6.30. The monoisotopic (exact) mass is 212 g/mol. The lowest BCUT2D eigenvalue weighted by molar-refractivity contribution is -0.0979. The fourth-order valence-corrected chi connectivity index (χ4v) is 1.38. The van der Waals surface area contributed by atoms with Crippen molar-refractivity contribution in [3.63, 3.8) is 0 Å². The van der Waals surface area contributed by atoms with E-state index in [-0.39, 0.29) is 0 Å². The molecule has 2 aromatic rings. The lowest BCUT2D eigenvalue weighted by Gasteiger charge is -2.00. The van der Waals surface area contributed by atoms with Crippen LogP contribution in [0.4, 0.5) is 0 Å². The summed E-state index contributed by atoms with van der Waals surface area (Å²) in [7, 11) is 0. The SMILES string of the molecule is C=O.O=Cc1ccc(-c2ccccc2)cc1. The average molecular weight is 212 g/mol. The van der Waals surface area contributed by atoms with Crippen LogP contribution in [0.5, 0.6) is 0 Å². The number of aldehydes is 1. The van der Waals surface area contributed by atoms with Crippen molar-refractivity contribution in [1.29, 1.82) is 0 Å². The molecular formula is C14H12O2. The summed E-state index contributed by atoms with van der Waals surface area (Å²) >= 11 is 0. The van der Waals surface area contributed by atoms with Crippen molar-refractivity contribution in [3.8, 4) is 11.1 Å². The number of hydrogen-bond acceptors (Lipinski definition) is 2. The van der Waals surface area contributed by atoms with Crippen LogP contribution in [0.3, 0.4) is 0 Å². The lowest BCUT2D eigenvalue weighted by Crippen LogP contribution is -1.80. The number of carbonyl (C=O) groups excluding carboxylic acids is 2. The lowest BCUT2D eigenvalue weighted by atomic mass is 10.0. The van der Waals surface area contributed by atoms with Gasteiger partial charge in [-0.2, -0.15) is 0 Å². The first-order valence-corrected chi connectivity index (χ1v) is 4.80. The minimum absolute atomic E-state index is 0.713. The molecule has 2 heteroatoms. The molecule has 0 aliphatic heterocycles. The van der Waals surface area contributed by atoms with Gasteiger partial charge in [-0.05, 0) is 11.1 Å². The molecule has 0 heterocycles. The van der Waals surface area contributed by atoms with Crippen molar-refractivity contribution in [2.75, 3.05) is 0 Å². The normalized spacial score (nSPS) is 8.75. The van der Waals surface area contributed by atoms with Gasteiger partial charge in [0.15, 0.2) is 0 Å². The van der Waals surface area contributed by atoms with E-state index in [9.17, 15) is 4.79 Å². The van der Waals surface area contributed by atoms with Crippen LogP contribution in [-0.2, 0) is 4.79 Å². The molecule has 0 atom stereocenters. The second-order valence-electron chi connectivity index (χ2n) is 3.11. The maximum absolute atomic E-state index is 10.5. The molecule has 0 aliphatic rings. The van der Waals surface area contributed by atoms with E-state index in [0.29, 0.717) is 5.56 Å². The van der Waals surface area contributed by atoms with E-state index < -0.39 is 0 Å². The maximum atomic E-state index is 10.5. The van der Waals surface area contributed by atoms with E-state index >= 15 is 0 Å². The summed E-state index contributed by atoms with van der Waals surface area (Å²) in [5.41, 5.74) is 3.02. The van der Waals surface area contributed by atoms with Crippen LogP contribution < -0.4 is 0 Å². The van der Waals surface area contributed by atoms with E-state index in [1.54, 1.807) is 0 Å². The largest absolute Gasteiger partial charge is 0.307 e. The number of hydrogen-bond donors (Lipinski definition) is 0. The summed E-state index contributed by atoms with van der Waals surface area (Å²) < 4.78 is 0. The molecule has 0 aromatic heterocycles. The molecule has 0 unspecified atom stereocenters. The Morgan fingerprint density at radius 2 is 1.25 bits per heavy atom. The van der Waals surface area contributed by atoms with Gasteiger partial charge in [-0.3, -0.25) is 4.79 Å². The van der Waals surface area contributed by atoms with E-state index in [0.717, 1.165) is 11.8 Å². The highest BCUT2D eigenvalue weighted by Gasteiger charge is 1.95. The van der Waals surface area contributed by atoms with Crippen LogP contribution in [0.2, 0.25) is 0 Å². The van der Waals surface area contributed by atoms with Crippen LogP contribution in [-0.4, -0.2) is 13.1 Å². The topological polar surface area (TPSA) is 34.1 Å². The van der Waals surface area contributed by atoms with E-state index in [4.69, 9.17) is 4.79 Å². The predicted octanol–water partition coefficient (Wildman–Crippen LogP) is 2.98. The van der Waals surface area contributed by atoms with E-state index in [1.807, 2.05) is 49.3 Å². The molecule has 16 heavy (non-hydrogen) atoms. The first-order valence-electron chi connectivity index (χ1n) is 4.80. The maximum Gasteiger partial charge on any atom is 0.150 e. The summed E-state index contributed by atoms with van der Waals surface area (Å²) in [5, 5.41) is 0. The van der Waals surface area contributed by atoms with Gasteiger partial charge in [0, 0.05) is 5.56 Å². The van der Waals surface area contributed by atoms with Gasteiger partial charge in [-0.15, -0.1) is 0 Å². The zero-order valence-corrected chi connectivity index (χ0v) is 8.80. The summed E-state index contributed by atoms with van der Waals surface area (Å²) in [5.74, 6) is 0. The van der Waals surface area contributed by atoms with Gasteiger partial charge in [-0.1, -0.05) is 54.6 Å². The Bertz CT molecular complexity index is 432. The van der Waals surface area contributed by atoms with Crippen molar-refractivity contribution in [2.24, 2.45) is 0 Å². The Hall–Kier alpha value is -2.22. The summed E-state index contributed by atoms with van der Waals surface area (Å²) in [6.45, 7) is 2.00. The Kier molecular flexibility index (Phi) is 4.67. The zero-order valence-electron chi connectivity index (χ0n) is 8.80. The van der Waals surface area contributed by atoms with Crippen molar-refractivity contribution < 1.29 is 9.59 Å². The Morgan fingerprint density at radius 3 is 1.75 bits per heavy atom. The number of benzene rings is 2. The molecule has 2 rings (SSSR count). The molecule has 0 fully saturated rings. The molecular weight excluding hydrogens is 200 g/mol. The third-order valence-electron chi connectivity index (χ3n) is 2.15. The third kappa shape index (κ3) is 2.89. The molecule has 0 aliphatic carbocycles. The van der Waals surface area contributed by atoms with Gasteiger partial charge in [0.2, 0.25) is 0 Å². The molecule has 2 nitrogen and oxygen atoms in total. The second-order valence-corrected chi connectivity index (χ2v) is 3.11. The van der Waals surface area contributed by atoms with E-state index in [2.05, 4.69) is 12.1 Å². The first kappa shape index (κ1) is 11.9. The summed E-state index contributed by atoms with van der Waals surface area (Å²) in [6, 6.07) is 17.7. The molecule has 0 amide bonds. The average Bonchev–Trinajstić information content (AvgIpc) is 2.42. The Labute approximate surface area is 94.5 Å². The highest BCUT2D eigenvalue weighted by atomic mass is 16.1. The van der Waals surface area contributed by atoms with E-state index in [1.165, 1.54) is 5.56 Å². The van der Waals surface area contributed by atoms with Gasteiger partial charge < -0.3 is 4.79 Å². The smallest absolute Gasteiger partial charge is 0.150 e. The number of rotatable bonds is 2. The van der Waals surface area contributed by atoms with Crippen molar-refractivity contribution >= 4 is 13.1 Å². The third-order valence-corrected chi connectivity index (χ3v) is 2.15. The van der Waals surface area contributed by atoms with Gasteiger partial charge in [-0.25, -0.2) is 0 Å². The van der Waals surface area contributed by atoms with Gasteiger partial charge in [0.1, 0.15) is 13.1 Å². The summed E-state index contributed by atoms with van der Waals surface area (Å²) in [6.07, 6.45) is 0.856. The van der Waals surface area contributed by atoms with Crippen LogP contribution in [0.1, 0.15) is 10.4 Å². The van der Waals surface area contributed by atoms with Gasteiger partial charge in [0.25, 0.3) is 0 Å². The summed E-state index contributed by atoms with van der Waals surface area (Å²) in [4.78, 5) is 18.5. The first-order chi connectivity index (χ1) is 7.90. The van der Waals surface area contributed by atoms with Crippen LogP contribution in [0.15, 0.2) is 54.6 Å². The molecule has 0 saturated carbocycles. The molecule has 2 aromatic carbocycles. The van der Waals surface area contributed by atoms with Crippen LogP contribution >= 0.6 is 0 Å². The predicted molar refractivity (Wildman–Crippen MR) is 64.4 cm³/mol. The molecule has 0 bridgehead atoms. The Morgan fingerprint density at radius 1 is 0.750 bits per heavy atom. The highest BCUT2D eigenvalue weighted by Crippen LogP contribution is 2.18. The number of carbonyl (C=O) groups is 2. The van der Waals surface area contributed by atoms with Crippen molar-refractivity contribution in [2.45, 2.75) is 0 Å². The molecule has 0 spiro atoms. The minimum atomic E-state index is 0.713. The minimum Gasteiger partial charge on any atom is -0.307 e. The van der Waals surface area contributed by atoms with Gasteiger partial charge >= 0.3 is 0 Å². The Balaban J connectivity index is 0.000000606. The fourth-order valence-electron chi connectivity index (χ4n) is 1.38. The van der Waals surface area contributed by atoms with Crippen molar-refractivity contribution in [1.82, 2.24) is 0 Å². The van der Waals surface area contributed by atoms with Crippen molar-refractivity contribution in [3.05, 3.63) is 60.2 Å². The van der Waals surface area contributed by atoms with Crippen LogP contribution in [0, 0.1) is 0 Å². The molecule has 0 N–H and O–H groups in total. The molecule has 0 radical (unpaired) electrons. The zero-order chi connectivity index (χ0) is 11.8. The highest BCUT2D eigenvalue weighted by molar-refractivity contribution is 5.76. The quantitative estimate of drug-likeness (QED) is 0.717. The van der Waals surface area contributed by atoms with Gasteiger partial charge in [0.05, 0.1) is 0 Å². The molecule has 80 valence electrons. The molecule has 0 saturated heterocycles. The fraction of sp³-hybridized carbons (Fsp3) is 0.